The molecule has 1 fully saturated rings. The number of hydrogen-bond acceptors (Lipinski definition) is 5. The first kappa shape index (κ1) is 18.2. The fourth-order valence-corrected chi connectivity index (χ4v) is 2.28. The normalized spacial score (nSPS) is 20.2. The van der Waals surface area contributed by atoms with Gasteiger partial charge in [-0.15, -0.1) is 0 Å². The van der Waals surface area contributed by atoms with E-state index in [-0.39, 0.29) is 18.7 Å². The number of likely N-dealkylation sites (tertiary alicyclic amines) is 1. The van der Waals surface area contributed by atoms with E-state index in [0.29, 0.717) is 32.5 Å². The number of carbonyl (C=O) groups excluding carboxylic acids is 1. The highest BCUT2D eigenvalue weighted by atomic mass is 16.6. The van der Waals surface area contributed by atoms with E-state index in [1.807, 2.05) is 27.7 Å². The zero-order chi connectivity index (χ0) is 16.1. The van der Waals surface area contributed by atoms with Crippen molar-refractivity contribution in [2.75, 3.05) is 26.2 Å². The summed E-state index contributed by atoms with van der Waals surface area (Å²) in [6, 6.07) is 0.0120. The van der Waals surface area contributed by atoms with E-state index in [1.54, 1.807) is 4.90 Å². The molecule has 1 aliphatic heterocycles. The number of piperidine rings is 1. The van der Waals surface area contributed by atoms with E-state index in [1.165, 1.54) is 0 Å². The largest absolute Gasteiger partial charge is 0.444 e. The van der Waals surface area contributed by atoms with Crippen LogP contribution in [0.5, 0.6) is 0 Å². The van der Waals surface area contributed by atoms with Gasteiger partial charge in [-0.2, -0.15) is 0 Å². The van der Waals surface area contributed by atoms with E-state index in [2.05, 4.69) is 5.32 Å². The molecule has 0 bridgehead atoms. The van der Waals surface area contributed by atoms with Gasteiger partial charge in [0.1, 0.15) is 5.60 Å². The molecule has 0 saturated carbocycles. The second-order valence-electron chi connectivity index (χ2n) is 6.86. The molecule has 6 nitrogen and oxygen atoms in total. The summed E-state index contributed by atoms with van der Waals surface area (Å²) >= 11 is 0. The van der Waals surface area contributed by atoms with Crippen LogP contribution >= 0.6 is 0 Å². The van der Waals surface area contributed by atoms with Crippen LogP contribution in [-0.2, 0) is 4.74 Å². The molecule has 1 amide bonds. The second-order valence-corrected chi connectivity index (χ2v) is 6.86. The molecule has 1 rings (SSSR count). The van der Waals surface area contributed by atoms with Gasteiger partial charge >= 0.3 is 6.09 Å². The van der Waals surface area contributed by atoms with Gasteiger partial charge in [-0.25, -0.2) is 4.79 Å². The van der Waals surface area contributed by atoms with Crippen LogP contribution in [0.1, 0.15) is 47.0 Å². The highest BCUT2D eigenvalue weighted by molar-refractivity contribution is 5.68. The number of ether oxygens (including phenoxy) is 1. The fraction of sp³-hybridized carbons (Fsp3) is 0.933. The zero-order valence-electron chi connectivity index (χ0n) is 13.7. The molecule has 0 aromatic carbocycles. The smallest absolute Gasteiger partial charge is 0.410 e. The van der Waals surface area contributed by atoms with E-state index in [0.717, 1.165) is 6.42 Å². The lowest BCUT2D eigenvalue weighted by atomic mass is 9.91. The standard InChI is InChI=1S/C15H30N2O4/c1-5-12(10-18)16-11-15(20)6-8-17(9-7-15)13(19)21-14(2,3)4/h12,16,18,20H,5-11H2,1-4H3. The molecule has 21 heavy (non-hydrogen) atoms. The lowest BCUT2D eigenvalue weighted by Crippen LogP contribution is -2.53. The van der Waals surface area contributed by atoms with E-state index in [9.17, 15) is 9.90 Å². The van der Waals surface area contributed by atoms with Gasteiger partial charge in [-0.3, -0.25) is 0 Å². The Kier molecular flexibility index (Phi) is 6.43. The summed E-state index contributed by atoms with van der Waals surface area (Å²) in [5.41, 5.74) is -1.32. The molecule has 1 unspecified atom stereocenters. The molecule has 0 radical (unpaired) electrons. The van der Waals surface area contributed by atoms with Crippen LogP contribution in [0.2, 0.25) is 0 Å². The number of nitrogens with zero attached hydrogens (tertiary/aromatic N) is 1. The summed E-state index contributed by atoms with van der Waals surface area (Å²) in [4.78, 5) is 13.6. The van der Waals surface area contributed by atoms with Crippen LogP contribution in [0.4, 0.5) is 4.79 Å². The Balaban J connectivity index is 2.41. The number of aliphatic hydroxyl groups excluding tert-OH is 1. The monoisotopic (exact) mass is 302 g/mol. The van der Waals surface area contributed by atoms with Crippen molar-refractivity contribution in [2.24, 2.45) is 0 Å². The molecule has 6 heteroatoms. The third-order valence-electron chi connectivity index (χ3n) is 3.78. The molecule has 1 aliphatic rings. The summed E-state index contributed by atoms with van der Waals surface area (Å²) in [6.07, 6.45) is 1.53. The summed E-state index contributed by atoms with van der Waals surface area (Å²) in [5.74, 6) is 0. The van der Waals surface area contributed by atoms with Crippen molar-refractivity contribution in [1.82, 2.24) is 10.2 Å². The van der Waals surface area contributed by atoms with Crippen molar-refractivity contribution >= 4 is 6.09 Å². The van der Waals surface area contributed by atoms with Crippen molar-refractivity contribution in [3.63, 3.8) is 0 Å². The molecule has 0 aliphatic carbocycles. The van der Waals surface area contributed by atoms with Gasteiger partial charge in [0.15, 0.2) is 0 Å². The summed E-state index contributed by atoms with van der Waals surface area (Å²) in [5, 5.41) is 22.8. The predicted molar refractivity (Wildman–Crippen MR) is 81.2 cm³/mol. The van der Waals surface area contributed by atoms with Crippen molar-refractivity contribution in [2.45, 2.75) is 64.2 Å². The van der Waals surface area contributed by atoms with Crippen LogP contribution in [-0.4, -0.2) is 64.7 Å². The van der Waals surface area contributed by atoms with Gasteiger partial charge in [0.25, 0.3) is 0 Å². The van der Waals surface area contributed by atoms with Crippen molar-refractivity contribution in [3.8, 4) is 0 Å². The SMILES string of the molecule is CCC(CO)NCC1(O)CCN(C(=O)OC(C)(C)C)CC1. The Labute approximate surface area is 127 Å². The van der Waals surface area contributed by atoms with Crippen LogP contribution in [0.3, 0.4) is 0 Å². The number of nitrogens with one attached hydrogen (secondary N) is 1. The Bertz CT molecular complexity index is 329. The van der Waals surface area contributed by atoms with Crippen LogP contribution in [0.15, 0.2) is 0 Å². The fourth-order valence-electron chi connectivity index (χ4n) is 2.28. The number of amides is 1. The second kappa shape index (κ2) is 7.42. The summed E-state index contributed by atoms with van der Waals surface area (Å²) in [7, 11) is 0. The average molecular weight is 302 g/mol. The van der Waals surface area contributed by atoms with E-state index < -0.39 is 11.2 Å². The summed E-state index contributed by atoms with van der Waals surface area (Å²) in [6.45, 7) is 9.00. The molecular weight excluding hydrogens is 272 g/mol. The maximum Gasteiger partial charge on any atom is 0.410 e. The van der Waals surface area contributed by atoms with Crippen molar-refractivity contribution in [3.05, 3.63) is 0 Å². The quantitative estimate of drug-likeness (QED) is 0.709. The lowest BCUT2D eigenvalue weighted by Gasteiger charge is -2.39. The van der Waals surface area contributed by atoms with E-state index >= 15 is 0 Å². The van der Waals surface area contributed by atoms with Gasteiger partial charge in [0.2, 0.25) is 0 Å². The van der Waals surface area contributed by atoms with Gasteiger partial charge in [-0.05, 0) is 40.0 Å². The summed E-state index contributed by atoms with van der Waals surface area (Å²) < 4.78 is 5.34. The first-order valence-electron chi connectivity index (χ1n) is 7.73. The average Bonchev–Trinajstić information content (AvgIpc) is 2.38. The topological polar surface area (TPSA) is 82.0 Å². The van der Waals surface area contributed by atoms with Gasteiger partial charge < -0.3 is 25.2 Å². The molecule has 1 atom stereocenters. The lowest BCUT2D eigenvalue weighted by molar-refractivity contribution is -0.0328. The number of carbonyl (C=O) groups is 1. The van der Waals surface area contributed by atoms with Gasteiger partial charge in [0, 0.05) is 25.7 Å². The van der Waals surface area contributed by atoms with Crippen LogP contribution < -0.4 is 5.32 Å². The van der Waals surface area contributed by atoms with Crippen LogP contribution in [0.25, 0.3) is 0 Å². The third-order valence-corrected chi connectivity index (χ3v) is 3.78. The van der Waals surface area contributed by atoms with Crippen molar-refractivity contribution in [1.29, 1.82) is 0 Å². The minimum atomic E-state index is -0.818. The minimum Gasteiger partial charge on any atom is -0.444 e. The number of hydrogen-bond donors (Lipinski definition) is 3. The molecule has 124 valence electrons. The molecule has 1 saturated heterocycles. The highest BCUT2D eigenvalue weighted by Crippen LogP contribution is 2.23. The Morgan fingerprint density at radius 2 is 1.95 bits per heavy atom. The first-order chi connectivity index (χ1) is 9.69. The van der Waals surface area contributed by atoms with Gasteiger partial charge in [-0.1, -0.05) is 6.92 Å². The third kappa shape index (κ3) is 6.20. The maximum atomic E-state index is 12.0. The Morgan fingerprint density at radius 3 is 2.38 bits per heavy atom. The molecule has 3 N–H and O–H groups in total. The molecular formula is C15H30N2O4. The Morgan fingerprint density at radius 1 is 1.38 bits per heavy atom. The van der Waals surface area contributed by atoms with E-state index in [4.69, 9.17) is 9.84 Å². The van der Waals surface area contributed by atoms with Crippen molar-refractivity contribution < 1.29 is 19.7 Å². The number of aliphatic hydroxyl groups is 2. The first-order valence-corrected chi connectivity index (χ1v) is 7.73. The molecule has 0 spiro atoms. The number of rotatable bonds is 5. The van der Waals surface area contributed by atoms with Gasteiger partial charge in [0.05, 0.1) is 12.2 Å². The zero-order valence-corrected chi connectivity index (χ0v) is 13.7. The maximum absolute atomic E-state index is 12.0. The van der Waals surface area contributed by atoms with Crippen LogP contribution in [0, 0.1) is 0 Å². The minimum absolute atomic E-state index is 0.0120. The Hall–Kier alpha value is -0.850. The molecule has 0 aromatic heterocycles. The highest BCUT2D eigenvalue weighted by Gasteiger charge is 2.35. The molecule has 1 heterocycles. The predicted octanol–water partition coefficient (Wildman–Crippen LogP) is 1.11. The molecule has 0 aromatic rings.